The molecule has 0 aliphatic rings. The summed E-state index contributed by atoms with van der Waals surface area (Å²) in [5, 5.41) is 0. The van der Waals surface area contributed by atoms with Gasteiger partial charge in [0, 0.05) is 33.5 Å². The van der Waals surface area contributed by atoms with Crippen molar-refractivity contribution in [2.24, 2.45) is 9.98 Å². The fourth-order valence-electron chi connectivity index (χ4n) is 7.35. The van der Waals surface area contributed by atoms with Gasteiger partial charge >= 0.3 is 0 Å². The van der Waals surface area contributed by atoms with E-state index in [2.05, 4.69) is 183 Å². The fourth-order valence-corrected chi connectivity index (χ4v) is 7.35. The molecule has 1 aromatic heterocycles. The predicted octanol–water partition coefficient (Wildman–Crippen LogP) is 12.9. The summed E-state index contributed by atoms with van der Waals surface area (Å²) in [7, 11) is 0. The topological polar surface area (TPSA) is 63.4 Å². The summed E-state index contributed by atoms with van der Waals surface area (Å²) in [5.41, 5.74) is 19.1. The van der Waals surface area contributed by atoms with E-state index in [1.807, 2.05) is 6.92 Å². The van der Waals surface area contributed by atoms with Crippen molar-refractivity contribution in [1.82, 2.24) is 15.0 Å². The summed E-state index contributed by atoms with van der Waals surface area (Å²) < 4.78 is 0. The zero-order chi connectivity index (χ0) is 40.4. The molecule has 0 saturated carbocycles. The van der Waals surface area contributed by atoms with Crippen LogP contribution >= 0.6 is 0 Å². The number of aromatic nitrogens is 3. The van der Waals surface area contributed by atoms with Crippen LogP contribution in [0.3, 0.4) is 0 Å². The number of aliphatic imine (C=N–C) groups is 2. The first-order valence-electron chi connectivity index (χ1n) is 19.4. The van der Waals surface area contributed by atoms with Gasteiger partial charge in [-0.1, -0.05) is 150 Å². The molecule has 7 rings (SSSR count). The highest BCUT2D eigenvalue weighted by atomic mass is 15.0. The Balaban J connectivity index is 1.19. The van der Waals surface area contributed by atoms with Gasteiger partial charge in [-0.05, 0) is 101 Å². The minimum atomic E-state index is 0.644. The lowest BCUT2D eigenvalue weighted by Gasteiger charge is -2.12. The maximum absolute atomic E-state index is 5.13. The molecule has 57 heavy (non-hydrogen) atoms. The SMILES string of the molecule is C=C(N=C(N=C(C)c1ccc(-c2ccc(-c3nc(-c4ccc(C)cc4C)nc(-c4ccc(C)cc4C)n3)cc2)cc1)c1ccc(C)cc1C)c1ccc(C)cc1C. The number of amidine groups is 1. The van der Waals surface area contributed by atoms with E-state index in [1.54, 1.807) is 0 Å². The maximum Gasteiger partial charge on any atom is 0.164 e. The Labute approximate surface area is 337 Å². The summed E-state index contributed by atoms with van der Waals surface area (Å²) in [6.07, 6.45) is 0. The van der Waals surface area contributed by atoms with E-state index in [4.69, 9.17) is 24.9 Å². The highest BCUT2D eigenvalue weighted by molar-refractivity contribution is 6.13. The van der Waals surface area contributed by atoms with E-state index in [0.717, 1.165) is 72.5 Å². The highest BCUT2D eigenvalue weighted by Crippen LogP contribution is 2.30. The van der Waals surface area contributed by atoms with Crippen molar-refractivity contribution in [1.29, 1.82) is 0 Å². The van der Waals surface area contributed by atoms with Crippen LogP contribution in [0.1, 0.15) is 68.1 Å². The third kappa shape index (κ3) is 8.63. The first-order chi connectivity index (χ1) is 27.3. The normalized spacial score (nSPS) is 11.9. The van der Waals surface area contributed by atoms with Crippen molar-refractivity contribution in [2.45, 2.75) is 62.3 Å². The number of aryl methyl sites for hydroxylation is 8. The molecule has 0 aliphatic carbocycles. The van der Waals surface area contributed by atoms with Gasteiger partial charge in [0.05, 0.1) is 5.70 Å². The quantitative estimate of drug-likeness (QED) is 0.115. The van der Waals surface area contributed by atoms with Crippen molar-refractivity contribution in [3.05, 3.63) is 189 Å². The Hall–Kier alpha value is -6.59. The van der Waals surface area contributed by atoms with Crippen molar-refractivity contribution in [2.75, 3.05) is 0 Å². The fraction of sp³-hybridized carbons (Fsp3) is 0.173. The summed E-state index contributed by atoms with van der Waals surface area (Å²) >= 11 is 0. The molecule has 1 heterocycles. The molecule has 0 atom stereocenters. The largest absolute Gasteiger partial charge is 0.233 e. The second kappa shape index (κ2) is 16.3. The Morgan fingerprint density at radius 1 is 0.421 bits per heavy atom. The van der Waals surface area contributed by atoms with E-state index in [1.165, 1.54) is 22.3 Å². The van der Waals surface area contributed by atoms with Gasteiger partial charge in [-0.3, -0.25) is 0 Å². The van der Waals surface area contributed by atoms with Crippen LogP contribution < -0.4 is 0 Å². The molecule has 5 heteroatoms. The van der Waals surface area contributed by atoms with Gasteiger partial charge in [-0.25, -0.2) is 24.9 Å². The summed E-state index contributed by atoms with van der Waals surface area (Å²) in [5.74, 6) is 2.63. The van der Waals surface area contributed by atoms with Gasteiger partial charge in [0.2, 0.25) is 0 Å². The van der Waals surface area contributed by atoms with Crippen LogP contribution in [0.15, 0.2) is 138 Å². The molecule has 0 amide bonds. The van der Waals surface area contributed by atoms with Gasteiger partial charge in [0.25, 0.3) is 0 Å². The zero-order valence-corrected chi connectivity index (χ0v) is 34.5. The molecule has 0 unspecified atom stereocenters. The number of hydrogen-bond acceptors (Lipinski definition) is 4. The van der Waals surface area contributed by atoms with Crippen LogP contribution in [0.2, 0.25) is 0 Å². The second-order valence-electron chi connectivity index (χ2n) is 15.3. The molecule has 0 radical (unpaired) electrons. The minimum absolute atomic E-state index is 0.644. The molecule has 0 bridgehead atoms. The first kappa shape index (κ1) is 38.7. The van der Waals surface area contributed by atoms with Gasteiger partial charge < -0.3 is 0 Å². The van der Waals surface area contributed by atoms with Crippen LogP contribution in [-0.2, 0) is 0 Å². The first-order valence-corrected chi connectivity index (χ1v) is 19.4. The van der Waals surface area contributed by atoms with E-state index in [-0.39, 0.29) is 0 Å². The number of hydrogen-bond donors (Lipinski definition) is 0. The molecule has 6 aromatic carbocycles. The Kier molecular flexibility index (Phi) is 11.0. The monoisotopic (exact) mass is 743 g/mol. The van der Waals surface area contributed by atoms with Crippen LogP contribution in [-0.4, -0.2) is 26.5 Å². The highest BCUT2D eigenvalue weighted by Gasteiger charge is 2.16. The molecule has 5 nitrogen and oxygen atoms in total. The molecule has 7 aromatic rings. The summed E-state index contributed by atoms with van der Waals surface area (Å²) in [4.78, 5) is 25.2. The minimum Gasteiger partial charge on any atom is -0.233 e. The second-order valence-corrected chi connectivity index (χ2v) is 15.3. The number of benzene rings is 6. The summed E-state index contributed by atoms with van der Waals surface area (Å²) in [6, 6.07) is 42.5. The lowest BCUT2D eigenvalue weighted by atomic mass is 10.0. The number of rotatable bonds is 8. The average molecular weight is 744 g/mol. The van der Waals surface area contributed by atoms with E-state index in [0.29, 0.717) is 29.0 Å². The average Bonchev–Trinajstić information content (AvgIpc) is 3.17. The van der Waals surface area contributed by atoms with Crippen LogP contribution in [0, 0.1) is 55.4 Å². The maximum atomic E-state index is 5.13. The zero-order valence-electron chi connectivity index (χ0n) is 34.5. The van der Waals surface area contributed by atoms with Crippen molar-refractivity contribution in [3.63, 3.8) is 0 Å². The Morgan fingerprint density at radius 2 is 0.825 bits per heavy atom. The number of nitrogens with zero attached hydrogens (tertiary/aromatic N) is 5. The molecule has 0 N–H and O–H groups in total. The molecule has 0 fully saturated rings. The van der Waals surface area contributed by atoms with Crippen LogP contribution in [0.5, 0.6) is 0 Å². The van der Waals surface area contributed by atoms with Crippen LogP contribution in [0.4, 0.5) is 0 Å². The third-order valence-electron chi connectivity index (χ3n) is 10.5. The van der Waals surface area contributed by atoms with Crippen molar-refractivity contribution >= 4 is 17.2 Å². The molecular weight excluding hydrogens is 695 g/mol. The molecular formula is C52H49N5. The van der Waals surface area contributed by atoms with Crippen molar-refractivity contribution in [3.8, 4) is 45.3 Å². The van der Waals surface area contributed by atoms with Crippen molar-refractivity contribution < 1.29 is 0 Å². The van der Waals surface area contributed by atoms with E-state index in [9.17, 15) is 0 Å². The molecule has 282 valence electrons. The summed E-state index contributed by atoms with van der Waals surface area (Å²) in [6.45, 7) is 23.2. The smallest absolute Gasteiger partial charge is 0.164 e. The Bertz CT molecular complexity index is 2650. The Morgan fingerprint density at radius 3 is 1.30 bits per heavy atom. The third-order valence-corrected chi connectivity index (χ3v) is 10.5. The standard InChI is InChI=1S/C52H49N5/c1-31-11-23-45(35(5)27-31)40(10)54-50(46-24-12-32(2)28-36(46)6)53-39(9)41-15-17-42(18-16-41)43-19-21-44(22-20-43)49-55-51(47-25-13-33(3)29-37(47)7)57-52(56-49)48-26-14-34(4)30-38(48)8/h11-30H,10H2,1-9H3. The lowest BCUT2D eigenvalue weighted by Crippen LogP contribution is -2.06. The van der Waals surface area contributed by atoms with Crippen LogP contribution in [0.25, 0.3) is 51.0 Å². The van der Waals surface area contributed by atoms with E-state index >= 15 is 0 Å². The molecule has 0 spiro atoms. The van der Waals surface area contributed by atoms with E-state index < -0.39 is 0 Å². The molecule has 0 aliphatic heterocycles. The van der Waals surface area contributed by atoms with Gasteiger partial charge in [-0.15, -0.1) is 0 Å². The van der Waals surface area contributed by atoms with Gasteiger partial charge in [0.1, 0.15) is 0 Å². The van der Waals surface area contributed by atoms with Gasteiger partial charge in [-0.2, -0.15) is 0 Å². The predicted molar refractivity (Wildman–Crippen MR) is 240 cm³/mol. The van der Waals surface area contributed by atoms with Gasteiger partial charge in [0.15, 0.2) is 23.3 Å². The molecule has 0 saturated heterocycles. The lowest BCUT2D eigenvalue weighted by molar-refractivity contribution is 1.07.